The Morgan fingerprint density at radius 3 is 2.30 bits per heavy atom. The van der Waals surface area contributed by atoms with Crippen molar-refractivity contribution >= 4 is 11.9 Å². The van der Waals surface area contributed by atoms with Crippen molar-refractivity contribution in [2.24, 2.45) is 5.92 Å². The summed E-state index contributed by atoms with van der Waals surface area (Å²) in [5.74, 6) is -1.92. The number of aliphatic carboxylic acids is 1. The number of hydrogen-bond acceptors (Lipinski definition) is 4. The molecule has 1 aliphatic carbocycles. The third-order valence-corrected chi connectivity index (χ3v) is 3.64. The molecule has 1 amide bonds. The summed E-state index contributed by atoms with van der Waals surface area (Å²) in [6, 6.07) is 3.71. The Kier molecular flexibility index (Phi) is 4.12. The summed E-state index contributed by atoms with van der Waals surface area (Å²) >= 11 is 0. The Balaban J connectivity index is 1.94. The molecule has 0 atom stereocenters. The molecule has 6 heteroatoms. The quantitative estimate of drug-likeness (QED) is 0.670. The van der Waals surface area contributed by atoms with Crippen molar-refractivity contribution in [3.05, 3.63) is 23.8 Å². The van der Waals surface area contributed by atoms with Crippen LogP contribution >= 0.6 is 0 Å². The zero-order valence-corrected chi connectivity index (χ0v) is 10.9. The first-order valence-corrected chi connectivity index (χ1v) is 6.53. The molecule has 0 heterocycles. The lowest BCUT2D eigenvalue weighted by Crippen LogP contribution is -2.38. The van der Waals surface area contributed by atoms with Crippen molar-refractivity contribution < 1.29 is 24.9 Å². The molecule has 0 saturated heterocycles. The largest absolute Gasteiger partial charge is 0.508 e. The van der Waals surface area contributed by atoms with Gasteiger partial charge in [-0.05, 0) is 37.8 Å². The van der Waals surface area contributed by atoms with E-state index in [4.69, 9.17) is 5.11 Å². The average molecular weight is 279 g/mol. The number of phenolic OH excluding ortho intramolecular Hbond substituents is 2. The van der Waals surface area contributed by atoms with Crippen molar-refractivity contribution in [3.63, 3.8) is 0 Å². The highest BCUT2D eigenvalue weighted by Gasteiger charge is 2.27. The minimum atomic E-state index is -0.786. The number of carbonyl (C=O) groups excluding carboxylic acids is 1. The highest BCUT2D eigenvalue weighted by molar-refractivity contribution is 5.97. The fourth-order valence-corrected chi connectivity index (χ4v) is 2.46. The first-order valence-electron chi connectivity index (χ1n) is 6.53. The van der Waals surface area contributed by atoms with Gasteiger partial charge >= 0.3 is 5.97 Å². The molecule has 0 aromatic heterocycles. The van der Waals surface area contributed by atoms with E-state index in [2.05, 4.69) is 5.32 Å². The summed E-state index contributed by atoms with van der Waals surface area (Å²) in [7, 11) is 0. The minimum absolute atomic E-state index is 0.0775. The zero-order valence-electron chi connectivity index (χ0n) is 10.9. The molecular formula is C14H17NO5. The zero-order chi connectivity index (χ0) is 14.7. The van der Waals surface area contributed by atoms with Crippen LogP contribution in [0.3, 0.4) is 0 Å². The number of carboxylic acids is 1. The summed E-state index contributed by atoms with van der Waals surface area (Å²) in [5.41, 5.74) is 0.100. The molecule has 1 aromatic carbocycles. The molecular weight excluding hydrogens is 262 g/mol. The van der Waals surface area contributed by atoms with Crippen LogP contribution in [0.2, 0.25) is 0 Å². The van der Waals surface area contributed by atoms with Crippen LogP contribution in [0.5, 0.6) is 11.5 Å². The van der Waals surface area contributed by atoms with Gasteiger partial charge in [-0.15, -0.1) is 0 Å². The van der Waals surface area contributed by atoms with E-state index < -0.39 is 11.9 Å². The maximum absolute atomic E-state index is 12.0. The predicted octanol–water partition coefficient (Wildman–Crippen LogP) is 1.47. The SMILES string of the molecule is O=C(NC1CCC(C(=O)O)CC1)c1ccc(O)cc1O. The van der Waals surface area contributed by atoms with Crippen LogP contribution < -0.4 is 5.32 Å². The van der Waals surface area contributed by atoms with Crippen molar-refractivity contribution in [2.45, 2.75) is 31.7 Å². The first kappa shape index (κ1) is 14.2. The van der Waals surface area contributed by atoms with E-state index in [0.29, 0.717) is 25.7 Å². The number of nitrogens with one attached hydrogen (secondary N) is 1. The Labute approximate surface area is 116 Å². The summed E-state index contributed by atoms with van der Waals surface area (Å²) < 4.78 is 0. The second-order valence-electron chi connectivity index (χ2n) is 5.06. The third kappa shape index (κ3) is 3.20. The molecule has 6 nitrogen and oxygen atoms in total. The van der Waals surface area contributed by atoms with Gasteiger partial charge in [0, 0.05) is 12.1 Å². The monoisotopic (exact) mass is 279 g/mol. The number of carbonyl (C=O) groups is 2. The van der Waals surface area contributed by atoms with Crippen LogP contribution in [0.4, 0.5) is 0 Å². The second kappa shape index (κ2) is 5.81. The lowest BCUT2D eigenvalue weighted by Gasteiger charge is -2.26. The molecule has 0 aliphatic heterocycles. The van der Waals surface area contributed by atoms with Gasteiger partial charge < -0.3 is 20.6 Å². The summed E-state index contributed by atoms with van der Waals surface area (Å²) in [6.07, 6.45) is 2.31. The Hall–Kier alpha value is -2.24. The highest BCUT2D eigenvalue weighted by atomic mass is 16.4. The van der Waals surface area contributed by atoms with Gasteiger partial charge in [0.05, 0.1) is 11.5 Å². The fourth-order valence-electron chi connectivity index (χ4n) is 2.46. The standard InChI is InChI=1S/C14H17NO5/c16-10-5-6-11(12(17)7-10)13(18)15-9-3-1-8(2-4-9)14(19)20/h5-9,16-17H,1-4H2,(H,15,18)(H,19,20). The van der Waals surface area contributed by atoms with Crippen molar-refractivity contribution in [1.82, 2.24) is 5.32 Å². The van der Waals surface area contributed by atoms with E-state index >= 15 is 0 Å². The number of aromatic hydroxyl groups is 2. The lowest BCUT2D eigenvalue weighted by molar-refractivity contribution is -0.142. The molecule has 4 N–H and O–H groups in total. The molecule has 0 spiro atoms. The van der Waals surface area contributed by atoms with Gasteiger partial charge in [-0.2, -0.15) is 0 Å². The third-order valence-electron chi connectivity index (χ3n) is 3.64. The van der Waals surface area contributed by atoms with Crippen LogP contribution in [0.15, 0.2) is 18.2 Å². The topological polar surface area (TPSA) is 107 Å². The van der Waals surface area contributed by atoms with Crippen molar-refractivity contribution in [3.8, 4) is 11.5 Å². The average Bonchev–Trinajstić information content (AvgIpc) is 2.39. The number of carboxylic acid groups (broad SMARTS) is 1. The van der Waals surface area contributed by atoms with Gasteiger partial charge in [0.15, 0.2) is 0 Å². The molecule has 1 fully saturated rings. The minimum Gasteiger partial charge on any atom is -0.508 e. The van der Waals surface area contributed by atoms with Gasteiger partial charge in [0.25, 0.3) is 5.91 Å². The first-order chi connectivity index (χ1) is 9.47. The number of benzene rings is 1. The van der Waals surface area contributed by atoms with E-state index in [-0.39, 0.29) is 29.0 Å². The number of hydrogen-bond donors (Lipinski definition) is 4. The summed E-state index contributed by atoms with van der Waals surface area (Å²) in [4.78, 5) is 22.8. The van der Waals surface area contributed by atoms with Crippen LogP contribution in [-0.4, -0.2) is 33.2 Å². The molecule has 1 aromatic rings. The molecule has 0 unspecified atom stereocenters. The molecule has 2 rings (SSSR count). The molecule has 0 bridgehead atoms. The fraction of sp³-hybridized carbons (Fsp3) is 0.429. The normalized spacial score (nSPS) is 22.2. The molecule has 20 heavy (non-hydrogen) atoms. The summed E-state index contributed by atoms with van der Waals surface area (Å²) in [5, 5.41) is 30.5. The van der Waals surface area contributed by atoms with Crippen molar-refractivity contribution in [2.75, 3.05) is 0 Å². The Morgan fingerprint density at radius 2 is 1.75 bits per heavy atom. The highest BCUT2D eigenvalue weighted by Crippen LogP contribution is 2.26. The van der Waals surface area contributed by atoms with Crippen LogP contribution in [-0.2, 0) is 4.79 Å². The smallest absolute Gasteiger partial charge is 0.306 e. The second-order valence-corrected chi connectivity index (χ2v) is 5.06. The predicted molar refractivity (Wildman–Crippen MR) is 70.6 cm³/mol. The van der Waals surface area contributed by atoms with Crippen LogP contribution in [0, 0.1) is 5.92 Å². The molecule has 1 aliphatic rings. The van der Waals surface area contributed by atoms with E-state index in [1.54, 1.807) is 0 Å². The van der Waals surface area contributed by atoms with Gasteiger partial charge in [0.1, 0.15) is 11.5 Å². The van der Waals surface area contributed by atoms with E-state index in [0.717, 1.165) is 6.07 Å². The number of phenols is 2. The van der Waals surface area contributed by atoms with E-state index in [1.165, 1.54) is 12.1 Å². The van der Waals surface area contributed by atoms with Crippen molar-refractivity contribution in [1.29, 1.82) is 0 Å². The maximum atomic E-state index is 12.0. The van der Waals surface area contributed by atoms with E-state index in [1.807, 2.05) is 0 Å². The Morgan fingerprint density at radius 1 is 1.10 bits per heavy atom. The van der Waals surface area contributed by atoms with Gasteiger partial charge in [-0.25, -0.2) is 0 Å². The number of amides is 1. The molecule has 0 radical (unpaired) electrons. The van der Waals surface area contributed by atoms with Crippen LogP contribution in [0.25, 0.3) is 0 Å². The maximum Gasteiger partial charge on any atom is 0.306 e. The van der Waals surface area contributed by atoms with E-state index in [9.17, 15) is 19.8 Å². The van der Waals surface area contributed by atoms with Crippen LogP contribution in [0.1, 0.15) is 36.0 Å². The van der Waals surface area contributed by atoms with Gasteiger partial charge in [-0.3, -0.25) is 9.59 Å². The molecule has 1 saturated carbocycles. The van der Waals surface area contributed by atoms with Gasteiger partial charge in [-0.1, -0.05) is 0 Å². The summed E-state index contributed by atoms with van der Waals surface area (Å²) in [6.45, 7) is 0. The Bertz CT molecular complexity index is 520. The molecule has 108 valence electrons. The van der Waals surface area contributed by atoms with Gasteiger partial charge in [0.2, 0.25) is 0 Å². The lowest BCUT2D eigenvalue weighted by atomic mass is 9.86. The number of rotatable bonds is 3.